The summed E-state index contributed by atoms with van der Waals surface area (Å²) >= 11 is 0. The topological polar surface area (TPSA) is 84.7 Å². The number of benzene rings is 2. The Morgan fingerprint density at radius 3 is 2.48 bits per heavy atom. The predicted molar refractivity (Wildman–Crippen MR) is 160 cm³/mol. The fourth-order valence-electron chi connectivity index (χ4n) is 6.89. The third-order valence-electron chi connectivity index (χ3n) is 9.31. The van der Waals surface area contributed by atoms with Crippen molar-refractivity contribution < 1.29 is 14.3 Å². The first-order valence-electron chi connectivity index (χ1n) is 14.8. The normalized spacial score (nSPS) is 20.2. The summed E-state index contributed by atoms with van der Waals surface area (Å²) in [4.78, 5) is 50.9. The molecular formula is C34H34N4O4. The molecule has 1 fully saturated rings. The average molecular weight is 563 g/mol. The van der Waals surface area contributed by atoms with Crippen LogP contribution in [-0.2, 0) is 39.4 Å². The molecule has 8 nitrogen and oxygen atoms in total. The summed E-state index contributed by atoms with van der Waals surface area (Å²) in [5, 5.41) is 1.01. The number of rotatable bonds is 7. The smallest absolute Gasteiger partial charge is 0.324 e. The van der Waals surface area contributed by atoms with Crippen molar-refractivity contribution in [2.45, 2.75) is 44.9 Å². The zero-order valence-corrected chi connectivity index (χ0v) is 23.8. The number of nitrogens with zero attached hydrogens (tertiary/aromatic N) is 4. The van der Waals surface area contributed by atoms with Crippen molar-refractivity contribution in [1.82, 2.24) is 19.4 Å². The van der Waals surface area contributed by atoms with Crippen molar-refractivity contribution >= 4 is 22.7 Å². The lowest BCUT2D eigenvalue weighted by molar-refractivity contribution is -0.158. The van der Waals surface area contributed by atoms with Crippen molar-refractivity contribution in [1.29, 1.82) is 0 Å². The molecule has 0 unspecified atom stereocenters. The van der Waals surface area contributed by atoms with Crippen molar-refractivity contribution in [3.63, 3.8) is 0 Å². The number of aromatic nitrogens is 2. The van der Waals surface area contributed by atoms with Gasteiger partial charge in [0.15, 0.2) is 11.2 Å². The number of ether oxygens (including phenoxy) is 1. The lowest BCUT2D eigenvalue weighted by Crippen LogP contribution is -2.51. The second kappa shape index (κ2) is 10.6. The summed E-state index contributed by atoms with van der Waals surface area (Å²) in [7, 11) is 0. The molecule has 2 aromatic heterocycles. The molecule has 3 aliphatic heterocycles. The van der Waals surface area contributed by atoms with E-state index in [0.717, 1.165) is 54.9 Å². The maximum atomic E-state index is 14.0. The van der Waals surface area contributed by atoms with Crippen LogP contribution >= 0.6 is 0 Å². The Morgan fingerprint density at radius 2 is 1.69 bits per heavy atom. The van der Waals surface area contributed by atoms with Gasteiger partial charge in [0.05, 0.1) is 29.0 Å². The Hall–Kier alpha value is -4.14. The molecule has 0 saturated carbocycles. The zero-order valence-electron chi connectivity index (χ0n) is 23.8. The number of ketones is 1. The van der Waals surface area contributed by atoms with Gasteiger partial charge in [0.25, 0.3) is 5.56 Å². The highest BCUT2D eigenvalue weighted by Crippen LogP contribution is 2.41. The number of carbonyl (C=O) groups is 2. The first-order chi connectivity index (χ1) is 20.5. The fraction of sp³-hybridized carbons (Fsp3) is 0.353. The molecule has 0 bridgehead atoms. The van der Waals surface area contributed by atoms with Crippen LogP contribution in [0.2, 0.25) is 0 Å². The molecule has 0 radical (unpaired) electrons. The Kier molecular flexibility index (Phi) is 6.75. The Bertz CT molecular complexity index is 1760. The number of carbonyl (C=O) groups excluding carboxylic acids is 2. The summed E-state index contributed by atoms with van der Waals surface area (Å²) in [6.07, 6.45) is 0.461. The Balaban J connectivity index is 1.14. The number of Topliss-reactive ketones (excluding diaryl/α,β-unsaturated/α-hetero) is 1. The van der Waals surface area contributed by atoms with Crippen LogP contribution in [-0.4, -0.2) is 63.8 Å². The molecule has 0 aliphatic carbocycles. The molecule has 42 heavy (non-hydrogen) atoms. The minimum Gasteiger partial charge on any atom is -0.460 e. The van der Waals surface area contributed by atoms with Gasteiger partial charge in [-0.15, -0.1) is 0 Å². The number of piperazine rings is 1. The number of esters is 1. The maximum Gasteiger partial charge on any atom is 0.324 e. The molecular weight excluding hydrogens is 528 g/mol. The fourth-order valence-corrected chi connectivity index (χ4v) is 6.89. The van der Waals surface area contributed by atoms with Crippen LogP contribution in [0.1, 0.15) is 42.0 Å². The Labute approximate surface area is 244 Å². The van der Waals surface area contributed by atoms with E-state index in [0.29, 0.717) is 29.9 Å². The van der Waals surface area contributed by atoms with E-state index in [1.54, 1.807) is 4.57 Å². The van der Waals surface area contributed by atoms with Gasteiger partial charge in [0.1, 0.15) is 6.61 Å². The lowest BCUT2D eigenvalue weighted by atomic mass is 9.70. The van der Waals surface area contributed by atoms with Crippen LogP contribution in [0.25, 0.3) is 22.3 Å². The molecule has 1 saturated heterocycles. The van der Waals surface area contributed by atoms with Crippen molar-refractivity contribution in [3.8, 4) is 11.4 Å². The van der Waals surface area contributed by atoms with E-state index < -0.39 is 11.4 Å². The van der Waals surface area contributed by atoms with Gasteiger partial charge < -0.3 is 14.2 Å². The van der Waals surface area contributed by atoms with Crippen LogP contribution < -0.4 is 5.56 Å². The van der Waals surface area contributed by atoms with E-state index in [1.807, 2.05) is 43.3 Å². The van der Waals surface area contributed by atoms with Crippen LogP contribution in [0.3, 0.4) is 0 Å². The standard InChI is InChI=1S/C34H34N4O4/c1-2-34(30(39)12-13-36-14-16-37(17-15-36)20-23-8-4-3-5-9-23)27-19-29-31-25(18-24-10-6-7-11-28(24)35-31)21-38(29)32(40)26(27)22-42-33(34)41/h3-11,18-19H,2,12-17,20-22H2,1H3/t34-/m1/s1. The van der Waals surface area contributed by atoms with Gasteiger partial charge in [-0.25, -0.2) is 4.98 Å². The van der Waals surface area contributed by atoms with Gasteiger partial charge in [-0.3, -0.25) is 19.3 Å². The molecule has 5 heterocycles. The van der Waals surface area contributed by atoms with Gasteiger partial charge >= 0.3 is 5.97 Å². The van der Waals surface area contributed by atoms with E-state index in [4.69, 9.17) is 9.72 Å². The van der Waals surface area contributed by atoms with Crippen LogP contribution in [0.15, 0.2) is 71.5 Å². The molecule has 0 N–H and O–H groups in total. The highest BCUT2D eigenvalue weighted by Gasteiger charge is 2.52. The molecule has 1 atom stereocenters. The van der Waals surface area contributed by atoms with Gasteiger partial charge in [-0.2, -0.15) is 0 Å². The Morgan fingerprint density at radius 1 is 0.952 bits per heavy atom. The summed E-state index contributed by atoms with van der Waals surface area (Å²) in [6, 6.07) is 22.3. The number of cyclic esters (lactones) is 1. The van der Waals surface area contributed by atoms with Gasteiger partial charge in [0.2, 0.25) is 0 Å². The predicted octanol–water partition coefficient (Wildman–Crippen LogP) is 3.91. The van der Waals surface area contributed by atoms with Crippen molar-refractivity contribution in [2.24, 2.45) is 0 Å². The maximum absolute atomic E-state index is 14.0. The van der Waals surface area contributed by atoms with E-state index in [2.05, 4.69) is 40.1 Å². The van der Waals surface area contributed by atoms with E-state index in [9.17, 15) is 14.4 Å². The minimum absolute atomic E-state index is 0.114. The summed E-state index contributed by atoms with van der Waals surface area (Å²) in [5.74, 6) is -0.735. The summed E-state index contributed by atoms with van der Waals surface area (Å²) in [5.41, 5.74) is 3.70. The molecule has 3 aliphatic rings. The van der Waals surface area contributed by atoms with Gasteiger partial charge in [-0.1, -0.05) is 55.5 Å². The summed E-state index contributed by atoms with van der Waals surface area (Å²) < 4.78 is 7.27. The van der Waals surface area contributed by atoms with E-state index in [-0.39, 0.29) is 30.8 Å². The second-order valence-electron chi connectivity index (χ2n) is 11.6. The quantitative estimate of drug-likeness (QED) is 0.220. The number of hydrogen-bond donors (Lipinski definition) is 0. The number of para-hydroxylation sites is 1. The van der Waals surface area contributed by atoms with E-state index >= 15 is 0 Å². The average Bonchev–Trinajstić information content (AvgIpc) is 3.38. The zero-order chi connectivity index (χ0) is 28.8. The third kappa shape index (κ3) is 4.37. The van der Waals surface area contributed by atoms with Crippen LogP contribution in [0.4, 0.5) is 0 Å². The highest BCUT2D eigenvalue weighted by atomic mass is 16.5. The monoisotopic (exact) mass is 562 g/mol. The molecule has 0 spiro atoms. The number of hydrogen-bond acceptors (Lipinski definition) is 7. The van der Waals surface area contributed by atoms with E-state index in [1.165, 1.54) is 5.56 Å². The highest BCUT2D eigenvalue weighted by molar-refractivity contribution is 6.10. The van der Waals surface area contributed by atoms with Crippen molar-refractivity contribution in [2.75, 3.05) is 32.7 Å². The van der Waals surface area contributed by atoms with Crippen LogP contribution in [0.5, 0.6) is 0 Å². The third-order valence-corrected chi connectivity index (χ3v) is 9.31. The largest absolute Gasteiger partial charge is 0.460 e. The SMILES string of the molecule is CC[C@@]1(C(=O)CCN2CCN(Cc3ccccc3)CC2)C(=O)OCc2c1cc1n(c2=O)Cc2cc3ccccc3nc2-1. The second-order valence-corrected chi connectivity index (χ2v) is 11.6. The molecule has 2 aromatic carbocycles. The van der Waals surface area contributed by atoms with Crippen molar-refractivity contribution in [3.05, 3.63) is 99.3 Å². The van der Waals surface area contributed by atoms with Gasteiger partial charge in [0, 0.05) is 56.6 Å². The minimum atomic E-state index is -1.49. The molecule has 214 valence electrons. The lowest BCUT2D eigenvalue weighted by Gasteiger charge is -2.37. The molecule has 4 aromatic rings. The number of pyridine rings is 2. The number of fused-ring (bicyclic) bond motifs is 5. The van der Waals surface area contributed by atoms with Crippen LogP contribution in [0, 0.1) is 0 Å². The summed E-state index contributed by atoms with van der Waals surface area (Å²) in [6.45, 7) is 7.21. The molecule has 7 rings (SSSR count). The van der Waals surface area contributed by atoms with Gasteiger partial charge in [-0.05, 0) is 35.7 Å². The molecule has 0 amide bonds. The first kappa shape index (κ1) is 26.7. The first-order valence-corrected chi connectivity index (χ1v) is 14.8. The molecule has 8 heteroatoms.